The fraction of sp³-hybridized carbons (Fsp3) is 0.300. The van der Waals surface area contributed by atoms with E-state index in [0.717, 1.165) is 16.9 Å². The van der Waals surface area contributed by atoms with Gasteiger partial charge in [-0.25, -0.2) is 0 Å². The number of hydrogen-bond donors (Lipinski definition) is 1. The van der Waals surface area contributed by atoms with Gasteiger partial charge in [-0.1, -0.05) is 48.5 Å². The van der Waals surface area contributed by atoms with Crippen LogP contribution in [0.1, 0.15) is 17.5 Å². The Kier molecular flexibility index (Phi) is 5.33. The van der Waals surface area contributed by atoms with Crippen molar-refractivity contribution in [1.82, 2.24) is 10.2 Å². The lowest BCUT2D eigenvalue weighted by atomic mass is 10.1. The summed E-state index contributed by atoms with van der Waals surface area (Å²) in [5.41, 5.74) is 2.00. The smallest absolute Gasteiger partial charge is 0.225 e. The molecule has 5 nitrogen and oxygen atoms in total. The number of likely N-dealkylation sites (tertiary alicyclic amines) is 1. The van der Waals surface area contributed by atoms with Gasteiger partial charge in [0, 0.05) is 31.6 Å². The van der Waals surface area contributed by atoms with E-state index in [2.05, 4.69) is 5.32 Å². The average Bonchev–Trinajstić information content (AvgIpc) is 3.02. The first-order valence-corrected chi connectivity index (χ1v) is 8.38. The van der Waals surface area contributed by atoms with Crippen LogP contribution in [0.3, 0.4) is 0 Å². The molecule has 25 heavy (non-hydrogen) atoms. The third-order valence-electron chi connectivity index (χ3n) is 4.45. The summed E-state index contributed by atoms with van der Waals surface area (Å²) in [6.45, 7) is 1.39. The second-order valence-electron chi connectivity index (χ2n) is 6.19. The molecule has 1 aliphatic rings. The quantitative estimate of drug-likeness (QED) is 0.880. The third kappa shape index (κ3) is 4.18. The summed E-state index contributed by atoms with van der Waals surface area (Å²) in [4.78, 5) is 26.4. The Morgan fingerprint density at radius 2 is 1.88 bits per heavy atom. The van der Waals surface area contributed by atoms with Gasteiger partial charge in [0.1, 0.15) is 5.75 Å². The van der Waals surface area contributed by atoms with Crippen LogP contribution in [-0.4, -0.2) is 30.4 Å². The molecule has 3 rings (SSSR count). The number of hydrogen-bond acceptors (Lipinski definition) is 3. The molecule has 0 saturated carbocycles. The molecule has 0 spiro atoms. The van der Waals surface area contributed by atoms with Gasteiger partial charge in [-0.15, -0.1) is 0 Å². The molecule has 1 atom stereocenters. The van der Waals surface area contributed by atoms with Crippen LogP contribution in [0.4, 0.5) is 0 Å². The molecular formula is C20H22N2O3. The summed E-state index contributed by atoms with van der Waals surface area (Å²) < 4.78 is 5.34. The SMILES string of the molecule is COc1ccccc1CN1CC(C(=O)NCc2ccccc2)CC1=O. The lowest BCUT2D eigenvalue weighted by Gasteiger charge is -2.18. The third-order valence-corrected chi connectivity index (χ3v) is 4.45. The van der Waals surface area contributed by atoms with Crippen molar-refractivity contribution in [3.05, 3.63) is 65.7 Å². The number of ether oxygens (including phenoxy) is 1. The maximum atomic E-state index is 12.4. The van der Waals surface area contributed by atoms with E-state index in [4.69, 9.17) is 4.74 Å². The molecule has 0 radical (unpaired) electrons. The van der Waals surface area contributed by atoms with E-state index < -0.39 is 0 Å². The van der Waals surface area contributed by atoms with E-state index >= 15 is 0 Å². The predicted octanol–water partition coefficient (Wildman–Crippen LogP) is 2.36. The fourth-order valence-electron chi connectivity index (χ4n) is 3.07. The number of rotatable bonds is 6. The molecule has 0 bridgehead atoms. The number of methoxy groups -OCH3 is 1. The molecule has 1 saturated heterocycles. The zero-order valence-electron chi connectivity index (χ0n) is 14.3. The Bertz CT molecular complexity index is 746. The van der Waals surface area contributed by atoms with E-state index in [-0.39, 0.29) is 24.2 Å². The van der Waals surface area contributed by atoms with Crippen LogP contribution >= 0.6 is 0 Å². The molecular weight excluding hydrogens is 316 g/mol. The van der Waals surface area contributed by atoms with Crippen molar-refractivity contribution in [3.8, 4) is 5.75 Å². The minimum Gasteiger partial charge on any atom is -0.496 e. The minimum absolute atomic E-state index is 0.00534. The van der Waals surface area contributed by atoms with Crippen LogP contribution in [0.5, 0.6) is 5.75 Å². The highest BCUT2D eigenvalue weighted by molar-refractivity contribution is 5.89. The van der Waals surface area contributed by atoms with E-state index in [0.29, 0.717) is 19.6 Å². The van der Waals surface area contributed by atoms with Crippen LogP contribution in [0.15, 0.2) is 54.6 Å². The van der Waals surface area contributed by atoms with Gasteiger partial charge in [-0.05, 0) is 11.6 Å². The van der Waals surface area contributed by atoms with Crippen molar-refractivity contribution in [2.45, 2.75) is 19.5 Å². The summed E-state index contributed by atoms with van der Waals surface area (Å²) in [6, 6.07) is 17.4. The number of para-hydroxylation sites is 1. The van der Waals surface area contributed by atoms with Crippen LogP contribution in [0.2, 0.25) is 0 Å². The molecule has 2 aromatic rings. The zero-order chi connectivity index (χ0) is 17.6. The van der Waals surface area contributed by atoms with Gasteiger partial charge in [-0.3, -0.25) is 9.59 Å². The van der Waals surface area contributed by atoms with Crippen molar-refractivity contribution in [3.63, 3.8) is 0 Å². The first kappa shape index (κ1) is 17.0. The predicted molar refractivity (Wildman–Crippen MR) is 94.8 cm³/mol. The largest absolute Gasteiger partial charge is 0.496 e. The topological polar surface area (TPSA) is 58.6 Å². The summed E-state index contributed by atoms with van der Waals surface area (Å²) >= 11 is 0. The van der Waals surface area contributed by atoms with Crippen LogP contribution in [-0.2, 0) is 22.7 Å². The Morgan fingerprint density at radius 3 is 2.64 bits per heavy atom. The first-order chi connectivity index (χ1) is 12.2. The second kappa shape index (κ2) is 7.83. The number of amides is 2. The maximum absolute atomic E-state index is 12.4. The molecule has 2 aromatic carbocycles. The van der Waals surface area contributed by atoms with Gasteiger partial charge in [0.25, 0.3) is 0 Å². The van der Waals surface area contributed by atoms with Gasteiger partial charge in [-0.2, -0.15) is 0 Å². The van der Waals surface area contributed by atoms with Gasteiger partial charge in [0.2, 0.25) is 11.8 Å². The average molecular weight is 338 g/mol. The fourth-order valence-corrected chi connectivity index (χ4v) is 3.07. The first-order valence-electron chi connectivity index (χ1n) is 8.38. The van der Waals surface area contributed by atoms with Crippen molar-refractivity contribution < 1.29 is 14.3 Å². The van der Waals surface area contributed by atoms with E-state index in [1.807, 2.05) is 54.6 Å². The van der Waals surface area contributed by atoms with Gasteiger partial charge in [0.05, 0.1) is 13.0 Å². The molecule has 0 aliphatic carbocycles. The van der Waals surface area contributed by atoms with Gasteiger partial charge < -0.3 is 15.0 Å². The highest BCUT2D eigenvalue weighted by Gasteiger charge is 2.34. The van der Waals surface area contributed by atoms with E-state index in [9.17, 15) is 9.59 Å². The standard InChI is InChI=1S/C20H22N2O3/c1-25-18-10-6-5-9-16(18)13-22-14-17(11-19(22)23)20(24)21-12-15-7-3-2-4-8-15/h2-10,17H,11-14H2,1H3,(H,21,24). The molecule has 5 heteroatoms. The Morgan fingerprint density at radius 1 is 1.16 bits per heavy atom. The molecule has 1 heterocycles. The second-order valence-corrected chi connectivity index (χ2v) is 6.19. The summed E-state index contributed by atoms with van der Waals surface area (Å²) in [5, 5.41) is 2.93. The maximum Gasteiger partial charge on any atom is 0.225 e. The molecule has 1 N–H and O–H groups in total. The summed E-state index contributed by atoms with van der Waals surface area (Å²) in [5.74, 6) is 0.392. The van der Waals surface area contributed by atoms with Gasteiger partial charge >= 0.3 is 0 Å². The summed E-state index contributed by atoms with van der Waals surface area (Å²) in [7, 11) is 1.62. The Hall–Kier alpha value is -2.82. The molecule has 2 amide bonds. The monoisotopic (exact) mass is 338 g/mol. The highest BCUT2D eigenvalue weighted by Crippen LogP contribution is 2.24. The molecule has 130 valence electrons. The molecule has 1 fully saturated rings. The molecule has 1 unspecified atom stereocenters. The zero-order valence-corrected chi connectivity index (χ0v) is 14.3. The Labute approximate surface area is 147 Å². The normalized spacial score (nSPS) is 16.8. The van der Waals surface area contributed by atoms with Crippen LogP contribution in [0.25, 0.3) is 0 Å². The van der Waals surface area contributed by atoms with Crippen molar-refractivity contribution >= 4 is 11.8 Å². The molecule has 0 aromatic heterocycles. The van der Waals surface area contributed by atoms with Crippen LogP contribution < -0.4 is 10.1 Å². The Balaban J connectivity index is 1.57. The van der Waals surface area contributed by atoms with Crippen molar-refractivity contribution in [1.29, 1.82) is 0 Å². The number of nitrogens with one attached hydrogen (secondary N) is 1. The number of benzene rings is 2. The van der Waals surface area contributed by atoms with E-state index in [1.54, 1.807) is 12.0 Å². The lowest BCUT2D eigenvalue weighted by Crippen LogP contribution is -2.32. The lowest BCUT2D eigenvalue weighted by molar-refractivity contribution is -0.129. The van der Waals surface area contributed by atoms with E-state index in [1.165, 1.54) is 0 Å². The number of carbonyl (C=O) groups is 2. The van der Waals surface area contributed by atoms with Crippen LogP contribution in [0, 0.1) is 5.92 Å². The van der Waals surface area contributed by atoms with Crippen molar-refractivity contribution in [2.75, 3.05) is 13.7 Å². The number of nitrogens with zero attached hydrogens (tertiary/aromatic N) is 1. The van der Waals surface area contributed by atoms with Crippen molar-refractivity contribution in [2.24, 2.45) is 5.92 Å². The highest BCUT2D eigenvalue weighted by atomic mass is 16.5. The number of carbonyl (C=O) groups excluding carboxylic acids is 2. The van der Waals surface area contributed by atoms with Gasteiger partial charge in [0.15, 0.2) is 0 Å². The molecule has 1 aliphatic heterocycles. The minimum atomic E-state index is -0.300. The summed E-state index contributed by atoms with van der Waals surface area (Å²) in [6.07, 6.45) is 0.260.